The van der Waals surface area contributed by atoms with Crippen LogP contribution < -0.4 is 19.7 Å². The maximum Gasteiger partial charge on any atom is 0.142 e. The Morgan fingerprint density at radius 3 is 2.48 bits per heavy atom. The highest BCUT2D eigenvalue weighted by Gasteiger charge is 2.36. The third-order valence-electron chi connectivity index (χ3n) is 7.29. The Morgan fingerprint density at radius 2 is 1.73 bits per heavy atom. The van der Waals surface area contributed by atoms with Crippen LogP contribution in [0.3, 0.4) is 0 Å². The van der Waals surface area contributed by atoms with Crippen molar-refractivity contribution in [3.63, 3.8) is 0 Å². The van der Waals surface area contributed by atoms with E-state index in [2.05, 4.69) is 34.5 Å². The van der Waals surface area contributed by atoms with Gasteiger partial charge in [0.15, 0.2) is 0 Å². The molecule has 9 heteroatoms. The van der Waals surface area contributed by atoms with Gasteiger partial charge in [-0.15, -0.1) is 0 Å². The minimum Gasteiger partial charge on any atom is -0.494 e. The Labute approximate surface area is 238 Å². The van der Waals surface area contributed by atoms with Gasteiger partial charge in [0.05, 0.1) is 50.4 Å². The molecule has 2 aromatic rings. The number of rotatable bonds is 16. The van der Waals surface area contributed by atoms with E-state index in [0.29, 0.717) is 39.5 Å². The first-order valence-corrected chi connectivity index (χ1v) is 14.4. The number of aliphatic hydroxyl groups is 1. The second kappa shape index (κ2) is 16.1. The summed E-state index contributed by atoms with van der Waals surface area (Å²) in [5, 5.41) is 13.4. The Bertz CT molecular complexity index is 1000. The van der Waals surface area contributed by atoms with Crippen LogP contribution in [0.25, 0.3) is 0 Å². The van der Waals surface area contributed by atoms with E-state index in [1.807, 2.05) is 18.2 Å². The third kappa shape index (κ3) is 8.80. The molecule has 9 nitrogen and oxygen atoms in total. The summed E-state index contributed by atoms with van der Waals surface area (Å²) in [5.74, 6) is 1.76. The van der Waals surface area contributed by atoms with E-state index in [4.69, 9.17) is 28.4 Å². The van der Waals surface area contributed by atoms with E-state index in [9.17, 15) is 5.11 Å². The molecule has 0 bridgehead atoms. The van der Waals surface area contributed by atoms with E-state index in [1.54, 1.807) is 21.1 Å². The largest absolute Gasteiger partial charge is 0.494 e. The number of methoxy groups -OCH3 is 2. The highest BCUT2D eigenvalue weighted by Crippen LogP contribution is 2.35. The molecule has 0 unspecified atom stereocenters. The first-order chi connectivity index (χ1) is 19.6. The SMILES string of the molecule is COCCCOc1ccc([C@@H]2[C@@H](OCc3ccc4c(c3)N(CCCOC)CCO4)CNC[C@H]2OC[C@@H](C)O)cc1. The van der Waals surface area contributed by atoms with Crippen molar-refractivity contribution in [1.29, 1.82) is 0 Å². The van der Waals surface area contributed by atoms with Gasteiger partial charge >= 0.3 is 0 Å². The number of nitrogens with one attached hydrogen (secondary N) is 1. The molecule has 2 aliphatic rings. The van der Waals surface area contributed by atoms with Crippen LogP contribution in [-0.4, -0.2) is 96.9 Å². The maximum absolute atomic E-state index is 9.88. The average molecular weight is 559 g/mol. The maximum atomic E-state index is 9.88. The molecule has 0 radical (unpaired) electrons. The number of hydrogen-bond donors (Lipinski definition) is 2. The van der Waals surface area contributed by atoms with Crippen molar-refractivity contribution in [3.05, 3.63) is 53.6 Å². The first-order valence-electron chi connectivity index (χ1n) is 14.4. The first kappa shape index (κ1) is 30.6. The highest BCUT2D eigenvalue weighted by molar-refractivity contribution is 5.61. The van der Waals surface area contributed by atoms with Crippen LogP contribution in [-0.2, 0) is 25.6 Å². The van der Waals surface area contributed by atoms with Crippen molar-refractivity contribution in [1.82, 2.24) is 5.32 Å². The number of fused-ring (bicyclic) bond motifs is 1. The lowest BCUT2D eigenvalue weighted by molar-refractivity contribution is -0.0752. The summed E-state index contributed by atoms with van der Waals surface area (Å²) < 4.78 is 34.9. The summed E-state index contributed by atoms with van der Waals surface area (Å²) in [5.41, 5.74) is 3.35. The van der Waals surface area contributed by atoms with Gasteiger partial charge in [-0.25, -0.2) is 0 Å². The quantitative estimate of drug-likeness (QED) is 0.301. The molecule has 1 fully saturated rings. The van der Waals surface area contributed by atoms with Crippen LogP contribution in [0.1, 0.15) is 36.8 Å². The van der Waals surface area contributed by atoms with Gasteiger partial charge in [0, 0.05) is 59.4 Å². The number of piperidine rings is 1. The van der Waals surface area contributed by atoms with Crippen LogP contribution in [0.2, 0.25) is 0 Å². The molecule has 0 saturated carbocycles. The van der Waals surface area contributed by atoms with Crippen LogP contribution in [0.4, 0.5) is 5.69 Å². The highest BCUT2D eigenvalue weighted by atomic mass is 16.5. The lowest BCUT2D eigenvalue weighted by atomic mass is 9.85. The molecule has 222 valence electrons. The fraction of sp³-hybridized carbons (Fsp3) is 0.613. The summed E-state index contributed by atoms with van der Waals surface area (Å²) in [4.78, 5) is 2.37. The van der Waals surface area contributed by atoms with E-state index >= 15 is 0 Å². The van der Waals surface area contributed by atoms with Gasteiger partial charge < -0.3 is 43.7 Å². The molecule has 2 heterocycles. The van der Waals surface area contributed by atoms with Gasteiger partial charge in [0.25, 0.3) is 0 Å². The Hall–Kier alpha value is -2.40. The zero-order valence-corrected chi connectivity index (χ0v) is 24.2. The minimum atomic E-state index is -0.533. The molecular formula is C31H46N2O7. The van der Waals surface area contributed by atoms with Crippen molar-refractivity contribution < 1.29 is 33.5 Å². The minimum absolute atomic E-state index is 0.00837. The Kier molecular flexibility index (Phi) is 12.3. The number of benzene rings is 2. The molecule has 40 heavy (non-hydrogen) atoms. The molecule has 4 rings (SSSR count). The van der Waals surface area contributed by atoms with Crippen molar-refractivity contribution in [3.8, 4) is 11.5 Å². The van der Waals surface area contributed by atoms with E-state index in [1.165, 1.54) is 0 Å². The number of ether oxygens (including phenoxy) is 6. The lowest BCUT2D eigenvalue weighted by Gasteiger charge is -2.39. The van der Waals surface area contributed by atoms with Crippen LogP contribution in [0, 0.1) is 0 Å². The van der Waals surface area contributed by atoms with Gasteiger partial charge in [-0.2, -0.15) is 0 Å². The standard InChI is InChI=1S/C31H46N2O7/c1-23(34)21-39-29-19-32-20-30(31(29)25-7-9-26(10-8-25)37-16-5-15-36-3)40-22-24-6-11-28-27(18-24)33(13-17-38-28)12-4-14-35-2/h6-11,18,23,29-32,34H,4-5,12-17,19-22H2,1-3H3/t23-,29-,30+,31+/m1/s1. The molecule has 4 atom stereocenters. The molecule has 0 spiro atoms. The van der Waals surface area contributed by atoms with Crippen molar-refractivity contribution >= 4 is 5.69 Å². The molecule has 1 saturated heterocycles. The predicted molar refractivity (Wildman–Crippen MR) is 155 cm³/mol. The Balaban J connectivity index is 1.45. The Morgan fingerprint density at radius 1 is 0.975 bits per heavy atom. The third-order valence-corrected chi connectivity index (χ3v) is 7.29. The summed E-state index contributed by atoms with van der Waals surface area (Å²) in [6.07, 6.45) is 1.05. The monoisotopic (exact) mass is 558 g/mol. The summed E-state index contributed by atoms with van der Waals surface area (Å²) in [7, 11) is 3.43. The smallest absolute Gasteiger partial charge is 0.142 e. The normalized spacial score (nSPS) is 21.5. The fourth-order valence-corrected chi connectivity index (χ4v) is 5.30. The number of nitrogens with zero attached hydrogens (tertiary/aromatic N) is 1. The number of hydrogen-bond acceptors (Lipinski definition) is 9. The van der Waals surface area contributed by atoms with Crippen molar-refractivity contribution in [2.75, 3.05) is 78.3 Å². The summed E-state index contributed by atoms with van der Waals surface area (Å²) >= 11 is 0. The van der Waals surface area contributed by atoms with Crippen LogP contribution in [0.15, 0.2) is 42.5 Å². The van der Waals surface area contributed by atoms with Crippen LogP contribution >= 0.6 is 0 Å². The zero-order valence-electron chi connectivity index (χ0n) is 24.2. The van der Waals surface area contributed by atoms with Gasteiger partial charge in [0.2, 0.25) is 0 Å². The second-order valence-electron chi connectivity index (χ2n) is 10.5. The molecule has 2 aliphatic heterocycles. The van der Waals surface area contributed by atoms with Crippen molar-refractivity contribution in [2.24, 2.45) is 0 Å². The second-order valence-corrected chi connectivity index (χ2v) is 10.5. The molecule has 0 aliphatic carbocycles. The summed E-state index contributed by atoms with van der Waals surface area (Å²) in [6.45, 7) is 8.42. The molecule has 0 amide bonds. The molecular weight excluding hydrogens is 512 g/mol. The van der Waals surface area contributed by atoms with E-state index < -0.39 is 6.10 Å². The average Bonchev–Trinajstić information content (AvgIpc) is 2.98. The van der Waals surface area contributed by atoms with E-state index in [0.717, 1.165) is 60.9 Å². The van der Waals surface area contributed by atoms with Crippen molar-refractivity contribution in [2.45, 2.75) is 50.6 Å². The topological polar surface area (TPSA) is 90.9 Å². The molecule has 0 aromatic heterocycles. The van der Waals surface area contributed by atoms with E-state index in [-0.39, 0.29) is 24.7 Å². The zero-order chi connectivity index (χ0) is 28.2. The number of anilines is 1. The number of aliphatic hydroxyl groups excluding tert-OH is 1. The van der Waals surface area contributed by atoms with Gasteiger partial charge in [-0.1, -0.05) is 18.2 Å². The van der Waals surface area contributed by atoms with Gasteiger partial charge in [-0.3, -0.25) is 0 Å². The molecule has 2 N–H and O–H groups in total. The fourth-order valence-electron chi connectivity index (χ4n) is 5.30. The summed E-state index contributed by atoms with van der Waals surface area (Å²) in [6, 6.07) is 14.5. The van der Waals surface area contributed by atoms with Gasteiger partial charge in [-0.05, 0) is 48.7 Å². The lowest BCUT2D eigenvalue weighted by Crippen LogP contribution is -2.51. The van der Waals surface area contributed by atoms with Gasteiger partial charge in [0.1, 0.15) is 18.1 Å². The molecule has 2 aromatic carbocycles. The predicted octanol–water partition coefficient (Wildman–Crippen LogP) is 3.38. The van der Waals surface area contributed by atoms with Crippen LogP contribution in [0.5, 0.6) is 11.5 Å².